The van der Waals surface area contributed by atoms with Crippen molar-refractivity contribution in [2.45, 2.75) is 32.4 Å². The van der Waals surface area contributed by atoms with Gasteiger partial charge in [-0.15, -0.1) is 6.58 Å². The molecule has 0 radical (unpaired) electrons. The number of rotatable bonds is 7. The minimum Gasteiger partial charge on any atom is -0.350 e. The minimum atomic E-state index is 0.676. The fraction of sp³-hybridized carbons (Fsp3) is 0.500. The van der Waals surface area contributed by atoms with Crippen LogP contribution in [-0.4, -0.2) is 24.1 Å². The fourth-order valence-corrected chi connectivity index (χ4v) is 1.93. The van der Waals surface area contributed by atoms with Crippen LogP contribution in [0.25, 0.3) is 0 Å². The molecule has 1 heterocycles. The Hall–Kier alpha value is -1.35. The highest BCUT2D eigenvalue weighted by Crippen LogP contribution is 2.30. The van der Waals surface area contributed by atoms with Gasteiger partial charge in [0.25, 0.3) is 0 Å². The van der Waals surface area contributed by atoms with Gasteiger partial charge in [-0.2, -0.15) is 0 Å². The van der Waals surface area contributed by atoms with Crippen molar-refractivity contribution in [3.8, 4) is 0 Å². The number of pyridine rings is 1. The van der Waals surface area contributed by atoms with Crippen molar-refractivity contribution in [2.24, 2.45) is 0 Å². The van der Waals surface area contributed by atoms with E-state index in [-0.39, 0.29) is 0 Å². The summed E-state index contributed by atoms with van der Waals surface area (Å²) in [6.45, 7) is 8.65. The number of nitrogens with zero attached hydrogens (tertiary/aromatic N) is 2. The summed E-state index contributed by atoms with van der Waals surface area (Å²) < 4.78 is 0. The Labute approximate surface area is 104 Å². The first-order chi connectivity index (χ1) is 8.35. The van der Waals surface area contributed by atoms with Crippen LogP contribution in [0.1, 0.15) is 25.5 Å². The molecule has 2 rings (SSSR count). The molecular weight excluding hydrogens is 210 g/mol. The van der Waals surface area contributed by atoms with E-state index in [0.29, 0.717) is 6.04 Å². The highest BCUT2D eigenvalue weighted by molar-refractivity contribution is 5.43. The van der Waals surface area contributed by atoms with E-state index in [1.54, 1.807) is 0 Å². The molecule has 0 saturated heterocycles. The Morgan fingerprint density at radius 2 is 2.35 bits per heavy atom. The zero-order valence-corrected chi connectivity index (χ0v) is 10.5. The van der Waals surface area contributed by atoms with E-state index in [9.17, 15) is 0 Å². The molecule has 1 N–H and O–H groups in total. The average Bonchev–Trinajstić information content (AvgIpc) is 3.18. The standard InChI is InChI=1S/C14H21N3/c1-3-10-17(13-8-9-13)14-7-5-6-12(16-14)11-15-4-2/h3,5-7,13,15H,1,4,8-11H2,2H3. The maximum atomic E-state index is 4.71. The van der Waals surface area contributed by atoms with Crippen molar-refractivity contribution in [3.63, 3.8) is 0 Å². The van der Waals surface area contributed by atoms with Crippen molar-refractivity contribution in [2.75, 3.05) is 18.0 Å². The Balaban J connectivity index is 2.09. The molecule has 17 heavy (non-hydrogen) atoms. The molecule has 1 aliphatic carbocycles. The zero-order chi connectivity index (χ0) is 12.1. The molecule has 0 unspecified atom stereocenters. The van der Waals surface area contributed by atoms with Crippen molar-refractivity contribution in [1.82, 2.24) is 10.3 Å². The van der Waals surface area contributed by atoms with Gasteiger partial charge in [0.2, 0.25) is 0 Å². The van der Waals surface area contributed by atoms with Crippen LogP contribution in [0.3, 0.4) is 0 Å². The number of nitrogens with one attached hydrogen (secondary N) is 1. The number of hydrogen-bond acceptors (Lipinski definition) is 3. The van der Waals surface area contributed by atoms with E-state index in [1.807, 2.05) is 6.08 Å². The van der Waals surface area contributed by atoms with Gasteiger partial charge in [-0.3, -0.25) is 0 Å². The molecule has 3 nitrogen and oxygen atoms in total. The van der Waals surface area contributed by atoms with Crippen LogP contribution in [0.2, 0.25) is 0 Å². The molecule has 0 aliphatic heterocycles. The van der Waals surface area contributed by atoms with Gasteiger partial charge in [0.15, 0.2) is 0 Å². The summed E-state index contributed by atoms with van der Waals surface area (Å²) in [6, 6.07) is 6.94. The van der Waals surface area contributed by atoms with E-state index in [4.69, 9.17) is 4.98 Å². The molecule has 1 aromatic rings. The Morgan fingerprint density at radius 3 is 3.00 bits per heavy atom. The largest absolute Gasteiger partial charge is 0.350 e. The third-order valence-electron chi connectivity index (χ3n) is 2.96. The summed E-state index contributed by atoms with van der Waals surface area (Å²) in [5, 5.41) is 3.31. The molecule has 0 aromatic carbocycles. The first-order valence-electron chi connectivity index (χ1n) is 6.39. The topological polar surface area (TPSA) is 28.2 Å². The Bertz CT molecular complexity index is 371. The first-order valence-corrected chi connectivity index (χ1v) is 6.39. The van der Waals surface area contributed by atoms with Gasteiger partial charge in [0.05, 0.1) is 5.69 Å². The van der Waals surface area contributed by atoms with Crippen molar-refractivity contribution in [1.29, 1.82) is 0 Å². The molecular formula is C14H21N3. The molecule has 0 amide bonds. The smallest absolute Gasteiger partial charge is 0.129 e. The van der Waals surface area contributed by atoms with E-state index < -0.39 is 0 Å². The summed E-state index contributed by atoms with van der Waals surface area (Å²) in [5.74, 6) is 1.09. The van der Waals surface area contributed by atoms with Gasteiger partial charge < -0.3 is 10.2 Å². The normalized spacial score (nSPS) is 14.6. The monoisotopic (exact) mass is 231 g/mol. The zero-order valence-electron chi connectivity index (χ0n) is 10.5. The van der Waals surface area contributed by atoms with Crippen molar-refractivity contribution in [3.05, 3.63) is 36.5 Å². The highest BCUT2D eigenvalue weighted by Gasteiger charge is 2.29. The van der Waals surface area contributed by atoms with Crippen LogP contribution in [0.5, 0.6) is 0 Å². The lowest BCUT2D eigenvalue weighted by molar-refractivity contribution is 0.707. The maximum absolute atomic E-state index is 4.71. The van der Waals surface area contributed by atoms with Crippen molar-refractivity contribution >= 4 is 5.82 Å². The van der Waals surface area contributed by atoms with E-state index in [1.165, 1.54) is 12.8 Å². The van der Waals surface area contributed by atoms with Gasteiger partial charge in [-0.1, -0.05) is 19.1 Å². The van der Waals surface area contributed by atoms with Crippen molar-refractivity contribution < 1.29 is 0 Å². The van der Waals surface area contributed by atoms with Gasteiger partial charge in [0, 0.05) is 19.1 Å². The summed E-state index contributed by atoms with van der Waals surface area (Å²) in [6.07, 6.45) is 4.52. The molecule has 1 aromatic heterocycles. The number of anilines is 1. The Kier molecular flexibility index (Phi) is 4.15. The Morgan fingerprint density at radius 1 is 1.53 bits per heavy atom. The van der Waals surface area contributed by atoms with Gasteiger partial charge in [-0.25, -0.2) is 4.98 Å². The molecule has 92 valence electrons. The van der Waals surface area contributed by atoms with Crippen LogP contribution in [-0.2, 0) is 6.54 Å². The fourth-order valence-electron chi connectivity index (χ4n) is 1.93. The highest BCUT2D eigenvalue weighted by atomic mass is 15.2. The lowest BCUT2D eigenvalue weighted by Gasteiger charge is -2.22. The molecule has 1 saturated carbocycles. The second kappa shape index (κ2) is 5.82. The second-order valence-electron chi connectivity index (χ2n) is 4.44. The molecule has 1 aliphatic rings. The van der Waals surface area contributed by atoms with Crippen LogP contribution in [0.15, 0.2) is 30.9 Å². The second-order valence-corrected chi connectivity index (χ2v) is 4.44. The van der Waals surface area contributed by atoms with Crippen LogP contribution >= 0.6 is 0 Å². The number of hydrogen-bond donors (Lipinski definition) is 1. The van der Waals surface area contributed by atoms with Gasteiger partial charge >= 0.3 is 0 Å². The maximum Gasteiger partial charge on any atom is 0.129 e. The van der Waals surface area contributed by atoms with Crippen LogP contribution < -0.4 is 10.2 Å². The molecule has 0 bridgehead atoms. The molecule has 0 spiro atoms. The minimum absolute atomic E-state index is 0.676. The molecule has 1 fully saturated rings. The van der Waals surface area contributed by atoms with Gasteiger partial charge in [-0.05, 0) is 31.5 Å². The van der Waals surface area contributed by atoms with E-state index in [2.05, 4.69) is 41.9 Å². The summed E-state index contributed by atoms with van der Waals surface area (Å²) in [4.78, 5) is 7.06. The van der Waals surface area contributed by atoms with E-state index >= 15 is 0 Å². The third-order valence-corrected chi connectivity index (χ3v) is 2.96. The summed E-state index contributed by atoms with van der Waals surface area (Å²) >= 11 is 0. The predicted molar refractivity (Wildman–Crippen MR) is 72.2 cm³/mol. The first kappa shape index (κ1) is 12.1. The quantitative estimate of drug-likeness (QED) is 0.730. The summed E-state index contributed by atoms with van der Waals surface area (Å²) in [7, 11) is 0. The van der Waals surface area contributed by atoms with Crippen LogP contribution in [0.4, 0.5) is 5.82 Å². The lowest BCUT2D eigenvalue weighted by atomic mass is 10.3. The summed E-state index contributed by atoms with van der Waals surface area (Å²) in [5.41, 5.74) is 1.11. The third kappa shape index (κ3) is 3.30. The predicted octanol–water partition coefficient (Wildman–Crippen LogP) is 2.35. The molecule has 3 heteroatoms. The lowest BCUT2D eigenvalue weighted by Crippen LogP contribution is -2.27. The average molecular weight is 231 g/mol. The molecule has 0 atom stereocenters. The SMILES string of the molecule is C=CCN(c1cccc(CNCC)n1)C1CC1. The van der Waals surface area contributed by atoms with Crippen LogP contribution in [0, 0.1) is 0 Å². The number of aromatic nitrogens is 1. The van der Waals surface area contributed by atoms with Gasteiger partial charge in [0.1, 0.15) is 5.82 Å². The van der Waals surface area contributed by atoms with E-state index in [0.717, 1.165) is 31.1 Å².